The molecule has 0 amide bonds. The van der Waals surface area contributed by atoms with Crippen molar-refractivity contribution in [1.82, 2.24) is 0 Å². The zero-order chi connectivity index (χ0) is 11.4. The lowest BCUT2D eigenvalue weighted by atomic mass is 10.3. The Labute approximate surface area is 107 Å². The molecule has 0 aliphatic heterocycles. The number of halogens is 1. The van der Waals surface area contributed by atoms with Crippen LogP contribution in [0.25, 0.3) is 0 Å². The Kier molecular flexibility index (Phi) is 3.98. The summed E-state index contributed by atoms with van der Waals surface area (Å²) < 4.78 is 6.43. The van der Waals surface area contributed by atoms with Crippen LogP contribution in [0.15, 0.2) is 46.3 Å². The number of para-hydroxylation sites is 1. The first-order valence-corrected chi connectivity index (χ1v) is 6.53. The Bertz CT molecular complexity index is 442. The number of hydrogen-bond acceptors (Lipinski definition) is 3. The maximum atomic E-state index is 9.83. The fraction of sp³-hybridized carbons (Fsp3) is 0.167. The highest BCUT2D eigenvalue weighted by Crippen LogP contribution is 2.26. The van der Waals surface area contributed by atoms with Crippen LogP contribution in [0, 0.1) is 0 Å². The SMILES string of the molecule is OC(COc1ccccc1Br)c1cccs1. The van der Waals surface area contributed by atoms with Gasteiger partial charge in [-0.1, -0.05) is 18.2 Å². The van der Waals surface area contributed by atoms with Crippen molar-refractivity contribution in [3.05, 3.63) is 51.1 Å². The van der Waals surface area contributed by atoms with E-state index in [1.54, 1.807) is 0 Å². The second-order valence-corrected chi connectivity index (χ2v) is 5.11. The normalized spacial score (nSPS) is 12.4. The summed E-state index contributed by atoms with van der Waals surface area (Å²) >= 11 is 4.92. The van der Waals surface area contributed by atoms with E-state index in [2.05, 4.69) is 15.9 Å². The smallest absolute Gasteiger partial charge is 0.133 e. The third-order valence-corrected chi connectivity index (χ3v) is 3.73. The monoisotopic (exact) mass is 298 g/mol. The summed E-state index contributed by atoms with van der Waals surface area (Å²) in [5, 5.41) is 11.8. The first-order valence-electron chi connectivity index (χ1n) is 4.86. The molecule has 2 aromatic rings. The van der Waals surface area contributed by atoms with Crippen LogP contribution in [0.3, 0.4) is 0 Å². The van der Waals surface area contributed by atoms with Crippen LogP contribution in [0.1, 0.15) is 11.0 Å². The summed E-state index contributed by atoms with van der Waals surface area (Å²) in [7, 11) is 0. The van der Waals surface area contributed by atoms with E-state index >= 15 is 0 Å². The highest BCUT2D eigenvalue weighted by atomic mass is 79.9. The van der Waals surface area contributed by atoms with E-state index in [-0.39, 0.29) is 6.61 Å². The minimum absolute atomic E-state index is 0.267. The summed E-state index contributed by atoms with van der Waals surface area (Å²) in [6, 6.07) is 11.4. The van der Waals surface area contributed by atoms with Gasteiger partial charge in [-0.3, -0.25) is 0 Å². The third kappa shape index (κ3) is 2.84. The second kappa shape index (κ2) is 5.48. The highest BCUT2D eigenvalue weighted by molar-refractivity contribution is 9.10. The molecule has 0 bridgehead atoms. The molecular formula is C12H11BrO2S. The lowest BCUT2D eigenvalue weighted by Crippen LogP contribution is -2.08. The van der Waals surface area contributed by atoms with Gasteiger partial charge in [-0.25, -0.2) is 0 Å². The summed E-state index contributed by atoms with van der Waals surface area (Å²) in [6.45, 7) is 0.267. The van der Waals surface area contributed by atoms with Gasteiger partial charge in [0.25, 0.3) is 0 Å². The van der Waals surface area contributed by atoms with Gasteiger partial charge < -0.3 is 9.84 Å². The summed E-state index contributed by atoms with van der Waals surface area (Å²) in [5.74, 6) is 0.748. The number of aliphatic hydroxyl groups is 1. The molecule has 0 radical (unpaired) electrons. The lowest BCUT2D eigenvalue weighted by molar-refractivity contribution is 0.110. The van der Waals surface area contributed by atoms with Crippen LogP contribution in [0.4, 0.5) is 0 Å². The van der Waals surface area contributed by atoms with Crippen molar-refractivity contribution in [1.29, 1.82) is 0 Å². The number of rotatable bonds is 4. The van der Waals surface area contributed by atoms with Crippen molar-refractivity contribution in [3.8, 4) is 5.75 Å². The van der Waals surface area contributed by atoms with Crippen molar-refractivity contribution in [2.75, 3.05) is 6.61 Å². The summed E-state index contributed by atoms with van der Waals surface area (Å²) in [4.78, 5) is 0.923. The van der Waals surface area contributed by atoms with E-state index in [4.69, 9.17) is 4.74 Å². The molecule has 0 aliphatic carbocycles. The van der Waals surface area contributed by atoms with E-state index in [1.807, 2.05) is 41.8 Å². The number of benzene rings is 1. The summed E-state index contributed by atoms with van der Waals surface area (Å²) in [5.41, 5.74) is 0. The molecule has 1 aromatic heterocycles. The Balaban J connectivity index is 1.95. The van der Waals surface area contributed by atoms with Gasteiger partial charge in [0.05, 0.1) is 4.47 Å². The van der Waals surface area contributed by atoms with Crippen LogP contribution < -0.4 is 4.74 Å². The first-order chi connectivity index (χ1) is 7.77. The topological polar surface area (TPSA) is 29.5 Å². The van der Waals surface area contributed by atoms with Gasteiger partial charge in [0, 0.05) is 4.88 Å². The van der Waals surface area contributed by atoms with Crippen LogP contribution in [-0.2, 0) is 0 Å². The molecule has 1 unspecified atom stereocenters. The van der Waals surface area contributed by atoms with Crippen LogP contribution >= 0.6 is 27.3 Å². The van der Waals surface area contributed by atoms with Gasteiger partial charge in [0.15, 0.2) is 0 Å². The minimum Gasteiger partial charge on any atom is -0.489 e. The molecule has 2 nitrogen and oxygen atoms in total. The van der Waals surface area contributed by atoms with Gasteiger partial charge in [-0.15, -0.1) is 11.3 Å². The highest BCUT2D eigenvalue weighted by Gasteiger charge is 2.10. The zero-order valence-corrected chi connectivity index (χ0v) is 10.9. The molecule has 0 saturated carbocycles. The van der Waals surface area contributed by atoms with Gasteiger partial charge in [-0.05, 0) is 39.5 Å². The second-order valence-electron chi connectivity index (χ2n) is 3.27. The lowest BCUT2D eigenvalue weighted by Gasteiger charge is -2.11. The molecule has 1 atom stereocenters. The molecule has 0 spiro atoms. The Morgan fingerprint density at radius 3 is 2.75 bits per heavy atom. The van der Waals surface area contributed by atoms with E-state index in [0.717, 1.165) is 15.1 Å². The van der Waals surface area contributed by atoms with E-state index < -0.39 is 6.10 Å². The van der Waals surface area contributed by atoms with Gasteiger partial charge in [0.2, 0.25) is 0 Å². The Hall–Kier alpha value is -0.840. The van der Waals surface area contributed by atoms with E-state index in [9.17, 15) is 5.11 Å². The standard InChI is InChI=1S/C12H11BrO2S/c13-9-4-1-2-5-11(9)15-8-10(14)12-6-3-7-16-12/h1-7,10,14H,8H2. The molecule has 0 fully saturated rings. The first kappa shape index (κ1) is 11.6. The average molecular weight is 299 g/mol. The van der Waals surface area contributed by atoms with Crippen molar-refractivity contribution in [2.24, 2.45) is 0 Å². The molecule has 2 rings (SSSR count). The van der Waals surface area contributed by atoms with Crippen LogP contribution in [-0.4, -0.2) is 11.7 Å². The largest absolute Gasteiger partial charge is 0.489 e. The Morgan fingerprint density at radius 1 is 1.25 bits per heavy atom. The average Bonchev–Trinajstić information content (AvgIpc) is 2.81. The molecule has 4 heteroatoms. The number of aliphatic hydroxyl groups excluding tert-OH is 1. The van der Waals surface area contributed by atoms with Crippen LogP contribution in [0.2, 0.25) is 0 Å². The van der Waals surface area contributed by atoms with E-state index in [1.165, 1.54) is 11.3 Å². The molecule has 0 saturated heterocycles. The van der Waals surface area contributed by atoms with Gasteiger partial charge in [0.1, 0.15) is 18.5 Å². The quantitative estimate of drug-likeness (QED) is 0.934. The fourth-order valence-corrected chi connectivity index (χ4v) is 2.39. The van der Waals surface area contributed by atoms with Crippen molar-refractivity contribution in [3.63, 3.8) is 0 Å². The predicted molar refractivity (Wildman–Crippen MR) is 68.9 cm³/mol. The number of thiophene rings is 1. The molecule has 1 heterocycles. The van der Waals surface area contributed by atoms with Gasteiger partial charge >= 0.3 is 0 Å². The van der Waals surface area contributed by atoms with Crippen molar-refractivity contribution < 1.29 is 9.84 Å². The van der Waals surface area contributed by atoms with Crippen LogP contribution in [0.5, 0.6) is 5.75 Å². The predicted octanol–water partition coefficient (Wildman–Crippen LogP) is 3.62. The minimum atomic E-state index is -0.563. The fourth-order valence-electron chi connectivity index (χ4n) is 1.29. The Morgan fingerprint density at radius 2 is 2.06 bits per heavy atom. The number of hydrogen-bond donors (Lipinski definition) is 1. The molecule has 84 valence electrons. The number of ether oxygens (including phenoxy) is 1. The maximum absolute atomic E-state index is 9.83. The maximum Gasteiger partial charge on any atom is 0.133 e. The summed E-state index contributed by atoms with van der Waals surface area (Å²) in [6.07, 6.45) is -0.563. The van der Waals surface area contributed by atoms with E-state index in [0.29, 0.717) is 0 Å². The molecule has 1 aromatic carbocycles. The van der Waals surface area contributed by atoms with Gasteiger partial charge in [-0.2, -0.15) is 0 Å². The van der Waals surface area contributed by atoms with Crippen molar-refractivity contribution in [2.45, 2.75) is 6.10 Å². The molecule has 16 heavy (non-hydrogen) atoms. The third-order valence-electron chi connectivity index (χ3n) is 2.10. The molecule has 1 N–H and O–H groups in total. The van der Waals surface area contributed by atoms with Crippen molar-refractivity contribution >= 4 is 27.3 Å². The molecular weight excluding hydrogens is 288 g/mol. The zero-order valence-electron chi connectivity index (χ0n) is 8.47. The molecule has 0 aliphatic rings.